The second kappa shape index (κ2) is 15.4. The van der Waals surface area contributed by atoms with Crippen LogP contribution in [0.15, 0.2) is 0 Å². The second-order valence-corrected chi connectivity index (χ2v) is 8.05. The maximum Gasteiger partial charge on any atom is 0.394 e. The summed E-state index contributed by atoms with van der Waals surface area (Å²) in [7, 11) is -5.64. The van der Waals surface area contributed by atoms with Gasteiger partial charge in [-0.15, -0.1) is 0 Å². The number of halogens is 7. The van der Waals surface area contributed by atoms with Gasteiger partial charge in [-0.05, 0) is 41.5 Å². The molecule has 0 aromatic carbocycles. The zero-order chi connectivity index (χ0) is 25.6. The third kappa shape index (κ3) is 22.6. The summed E-state index contributed by atoms with van der Waals surface area (Å²) in [5.41, 5.74) is 0. The van der Waals surface area contributed by atoms with Gasteiger partial charge in [-0.2, -0.15) is 26.3 Å². The number of hydrogen-bond acceptors (Lipinski definition) is 3. The Morgan fingerprint density at radius 3 is 0.871 bits per heavy atom. The first-order chi connectivity index (χ1) is 13.8. The number of hydrogen-bond donors (Lipinski definition) is 0. The fourth-order valence-electron chi connectivity index (χ4n) is 3.02. The Morgan fingerprint density at radius 2 is 0.774 bits per heavy atom. The molecule has 0 unspecified atom stereocenters. The molecule has 0 aromatic rings. The van der Waals surface area contributed by atoms with Crippen LogP contribution in [-0.4, -0.2) is 73.7 Å². The fraction of sp³-hybridized carbons (Fsp3) is 1.00. The summed E-state index contributed by atoms with van der Waals surface area (Å²) >= 11 is 0. The SMILES string of the molecule is CC[N+](CC)(CC)CCC(F)(F)F.CC[N+](CC)(CC)CCC(F)(F)F.O=P([O-])([O-])F. The summed E-state index contributed by atoms with van der Waals surface area (Å²) in [4.78, 5) is 16.9. The molecule has 0 bridgehead atoms. The second-order valence-electron chi connectivity index (χ2n) is 7.19. The molecule has 0 N–H and O–H groups in total. The number of alkyl halides is 6. The molecular formula is C18H38F7N2O3P. The quantitative estimate of drug-likeness (QED) is 0.257. The van der Waals surface area contributed by atoms with Crippen molar-refractivity contribution in [1.29, 1.82) is 0 Å². The van der Waals surface area contributed by atoms with Crippen LogP contribution in [0.25, 0.3) is 0 Å². The van der Waals surface area contributed by atoms with Crippen molar-refractivity contribution in [2.24, 2.45) is 0 Å². The van der Waals surface area contributed by atoms with Gasteiger partial charge in [0.2, 0.25) is 0 Å². The van der Waals surface area contributed by atoms with Gasteiger partial charge in [-0.1, -0.05) is 0 Å². The molecule has 13 heteroatoms. The third-order valence-corrected chi connectivity index (χ3v) is 5.76. The molecule has 0 saturated heterocycles. The van der Waals surface area contributed by atoms with E-state index in [4.69, 9.17) is 14.4 Å². The van der Waals surface area contributed by atoms with Crippen LogP contribution in [0.4, 0.5) is 30.5 Å². The monoisotopic (exact) mass is 494 g/mol. The van der Waals surface area contributed by atoms with E-state index in [1.807, 2.05) is 41.5 Å². The first-order valence-corrected chi connectivity index (χ1v) is 11.8. The summed E-state index contributed by atoms with van der Waals surface area (Å²) in [6, 6.07) is 0. The Balaban J connectivity index is -0.000000416. The van der Waals surface area contributed by atoms with Gasteiger partial charge in [-0.3, -0.25) is 0 Å². The zero-order valence-electron chi connectivity index (χ0n) is 19.3. The highest BCUT2D eigenvalue weighted by atomic mass is 31.2. The van der Waals surface area contributed by atoms with E-state index in [1.165, 1.54) is 0 Å². The fourth-order valence-corrected chi connectivity index (χ4v) is 3.02. The van der Waals surface area contributed by atoms with Gasteiger partial charge in [-0.25, -0.2) is 4.20 Å². The van der Waals surface area contributed by atoms with E-state index in [0.717, 1.165) is 39.3 Å². The van der Waals surface area contributed by atoms with Crippen molar-refractivity contribution in [2.75, 3.05) is 52.4 Å². The molecule has 0 saturated carbocycles. The Labute approximate surface area is 181 Å². The number of nitrogens with zero attached hydrogens (tertiary/aromatic N) is 2. The van der Waals surface area contributed by atoms with E-state index in [2.05, 4.69) is 0 Å². The predicted molar refractivity (Wildman–Crippen MR) is 104 cm³/mol. The average molecular weight is 494 g/mol. The molecule has 0 spiro atoms. The Morgan fingerprint density at radius 1 is 0.613 bits per heavy atom. The Kier molecular flexibility index (Phi) is 17.5. The van der Waals surface area contributed by atoms with Gasteiger partial charge in [0.1, 0.15) is 7.91 Å². The van der Waals surface area contributed by atoms with E-state index < -0.39 is 33.1 Å². The van der Waals surface area contributed by atoms with Crippen molar-refractivity contribution in [3.8, 4) is 0 Å². The normalized spacial score (nSPS) is 13.1. The Hall–Kier alpha value is -0.420. The van der Waals surface area contributed by atoms with Crippen LogP contribution in [0.1, 0.15) is 54.4 Å². The first kappa shape index (κ1) is 35.2. The molecule has 0 radical (unpaired) electrons. The molecule has 0 amide bonds. The molecule has 0 aliphatic heterocycles. The molecule has 31 heavy (non-hydrogen) atoms. The molecule has 192 valence electrons. The number of quaternary nitrogens is 2. The standard InChI is InChI=1S/2C9H19F3N.FH2O3P/c2*1-4-13(5-2,6-3)8-7-9(10,11)12;1-5(2,3)4/h2*4-8H2,1-3H3;(H2,2,3,4)/q2*+1;/p-2. The molecule has 0 aromatic heterocycles. The van der Waals surface area contributed by atoms with Crippen molar-refractivity contribution < 1.29 is 53.9 Å². The minimum atomic E-state index is -5.64. The molecule has 0 heterocycles. The summed E-state index contributed by atoms with van der Waals surface area (Å²) in [6.07, 6.45) is -9.35. The third-order valence-electron chi connectivity index (χ3n) is 5.76. The molecular weight excluding hydrogens is 456 g/mol. The maximum atomic E-state index is 12.0. The van der Waals surface area contributed by atoms with Crippen LogP contribution >= 0.6 is 7.91 Å². The molecule has 0 aliphatic carbocycles. The minimum absolute atomic E-state index is 0.215. The van der Waals surface area contributed by atoms with E-state index in [0.29, 0.717) is 8.97 Å². The summed E-state index contributed by atoms with van der Waals surface area (Å²) in [6.45, 7) is 16.8. The van der Waals surface area contributed by atoms with Gasteiger partial charge in [0.25, 0.3) is 0 Å². The van der Waals surface area contributed by atoms with E-state index in [9.17, 15) is 30.5 Å². The minimum Gasteiger partial charge on any atom is -0.786 e. The maximum absolute atomic E-state index is 12.0. The van der Waals surface area contributed by atoms with Crippen molar-refractivity contribution in [2.45, 2.75) is 66.7 Å². The molecule has 0 fully saturated rings. The van der Waals surface area contributed by atoms with Crippen molar-refractivity contribution in [3.63, 3.8) is 0 Å². The molecule has 0 aliphatic rings. The van der Waals surface area contributed by atoms with Crippen LogP contribution in [0.5, 0.6) is 0 Å². The summed E-state index contributed by atoms with van der Waals surface area (Å²) < 4.78 is 91.6. The largest absolute Gasteiger partial charge is 0.786 e. The first-order valence-electron chi connectivity index (χ1n) is 10.3. The molecule has 5 nitrogen and oxygen atoms in total. The van der Waals surface area contributed by atoms with Crippen molar-refractivity contribution in [1.82, 2.24) is 0 Å². The van der Waals surface area contributed by atoms with E-state index in [1.54, 1.807) is 0 Å². The van der Waals surface area contributed by atoms with Gasteiger partial charge < -0.3 is 23.3 Å². The highest BCUT2D eigenvalue weighted by molar-refractivity contribution is 7.42. The van der Waals surface area contributed by atoms with Crippen molar-refractivity contribution in [3.05, 3.63) is 0 Å². The van der Waals surface area contributed by atoms with Crippen LogP contribution in [0.3, 0.4) is 0 Å². The molecule has 0 atom stereocenters. The summed E-state index contributed by atoms with van der Waals surface area (Å²) in [5.74, 6) is 0. The van der Waals surface area contributed by atoms with Gasteiger partial charge in [0.05, 0.1) is 65.2 Å². The molecule has 0 rings (SSSR count). The van der Waals surface area contributed by atoms with E-state index >= 15 is 0 Å². The average Bonchev–Trinajstić information content (AvgIpc) is 2.63. The Bertz CT molecular complexity index is 431. The zero-order valence-corrected chi connectivity index (χ0v) is 20.2. The van der Waals surface area contributed by atoms with Crippen LogP contribution in [-0.2, 0) is 4.57 Å². The van der Waals surface area contributed by atoms with Crippen LogP contribution in [0.2, 0.25) is 0 Å². The van der Waals surface area contributed by atoms with Gasteiger partial charge in [0, 0.05) is 0 Å². The number of rotatable bonds is 10. The lowest BCUT2D eigenvalue weighted by Gasteiger charge is -2.36. The summed E-state index contributed by atoms with van der Waals surface area (Å²) in [5, 5.41) is 0. The highest BCUT2D eigenvalue weighted by Gasteiger charge is 2.33. The lowest BCUT2D eigenvalue weighted by atomic mass is 10.3. The lowest BCUT2D eigenvalue weighted by Crippen LogP contribution is -2.49. The van der Waals surface area contributed by atoms with Crippen LogP contribution < -0.4 is 9.79 Å². The van der Waals surface area contributed by atoms with Gasteiger partial charge in [0.15, 0.2) is 0 Å². The predicted octanol–water partition coefficient (Wildman–Crippen LogP) is 4.42. The van der Waals surface area contributed by atoms with Crippen molar-refractivity contribution >= 4 is 7.91 Å². The topological polar surface area (TPSA) is 63.2 Å². The lowest BCUT2D eigenvalue weighted by molar-refractivity contribution is -0.924. The van der Waals surface area contributed by atoms with Gasteiger partial charge >= 0.3 is 12.4 Å². The highest BCUT2D eigenvalue weighted by Crippen LogP contribution is 2.23. The smallest absolute Gasteiger partial charge is 0.394 e. The van der Waals surface area contributed by atoms with Crippen LogP contribution in [0, 0.1) is 0 Å². The van der Waals surface area contributed by atoms with E-state index in [-0.39, 0.29) is 13.1 Å².